The molecule has 1 unspecified atom stereocenters. The second-order valence-electron chi connectivity index (χ2n) is 9.98. The molecule has 12 heteroatoms. The highest BCUT2D eigenvalue weighted by atomic mass is 32.2. The maximum absolute atomic E-state index is 14.2. The van der Waals surface area contributed by atoms with Crippen LogP contribution >= 0.6 is 0 Å². The first-order valence-corrected chi connectivity index (χ1v) is 14.6. The third-order valence-electron chi connectivity index (χ3n) is 6.88. The van der Waals surface area contributed by atoms with E-state index in [1.165, 1.54) is 13.0 Å². The summed E-state index contributed by atoms with van der Waals surface area (Å²) < 4.78 is 53.1. The van der Waals surface area contributed by atoms with Gasteiger partial charge in [0.1, 0.15) is 23.4 Å². The second kappa shape index (κ2) is 12.6. The minimum Gasteiger partial charge on any atom is -0.497 e. The third kappa shape index (κ3) is 7.53. The molecule has 218 valence electrons. The summed E-state index contributed by atoms with van der Waals surface area (Å²) in [4.78, 5) is 25.8. The van der Waals surface area contributed by atoms with E-state index < -0.39 is 33.7 Å². The van der Waals surface area contributed by atoms with E-state index in [4.69, 9.17) is 15.2 Å². The van der Waals surface area contributed by atoms with Crippen molar-refractivity contribution in [3.05, 3.63) is 89.2 Å². The largest absolute Gasteiger partial charge is 0.497 e. The Bertz CT molecular complexity index is 1450. The first-order valence-electron chi connectivity index (χ1n) is 12.9. The van der Waals surface area contributed by atoms with Crippen LogP contribution in [0.1, 0.15) is 34.5 Å². The van der Waals surface area contributed by atoms with Gasteiger partial charge in [-0.1, -0.05) is 24.3 Å². The molecule has 1 saturated heterocycles. The molecule has 0 saturated carbocycles. The molecule has 1 heterocycles. The minimum absolute atomic E-state index is 0.0904. The summed E-state index contributed by atoms with van der Waals surface area (Å²) in [5.41, 5.74) is 6.99. The number of likely N-dealkylation sites (tertiary alicyclic amines) is 1. The molecular weight excluding hydrogens is 551 g/mol. The summed E-state index contributed by atoms with van der Waals surface area (Å²) in [7, 11) is -0.658. The summed E-state index contributed by atoms with van der Waals surface area (Å²) in [5, 5.41) is 2.34. The van der Waals surface area contributed by atoms with E-state index in [1.807, 2.05) is 48.5 Å². The number of amides is 2. The van der Waals surface area contributed by atoms with Gasteiger partial charge < -0.3 is 20.5 Å². The van der Waals surface area contributed by atoms with Crippen LogP contribution in [0.2, 0.25) is 0 Å². The smallest absolute Gasteiger partial charge is 0.252 e. The first-order chi connectivity index (χ1) is 19.5. The standard InChI is InChI=1S/C29H33FN4O6S/c1-18(28(31)35)32-29(36)22-12-23(30)14-24(13-22)33-41(37,38)17-19-15-34(16-19)27(20-4-8-25(39-2)9-5-20)21-6-10-26(40-3)11-7-21/h4-14,18-19,27,33H,15-17H2,1-3H3,(H2,31,35)(H,32,36). The Labute approximate surface area is 238 Å². The van der Waals surface area contributed by atoms with E-state index >= 15 is 0 Å². The Balaban J connectivity index is 1.44. The highest BCUT2D eigenvalue weighted by Gasteiger charge is 2.36. The molecule has 10 nitrogen and oxygen atoms in total. The first kappa shape index (κ1) is 29.8. The van der Waals surface area contributed by atoms with Gasteiger partial charge in [-0.2, -0.15) is 0 Å². The highest BCUT2D eigenvalue weighted by Crippen LogP contribution is 2.36. The number of anilines is 1. The van der Waals surface area contributed by atoms with Gasteiger partial charge in [0, 0.05) is 24.6 Å². The van der Waals surface area contributed by atoms with Crippen molar-refractivity contribution in [2.45, 2.75) is 19.0 Å². The van der Waals surface area contributed by atoms with Crippen LogP contribution in [-0.4, -0.2) is 64.2 Å². The van der Waals surface area contributed by atoms with E-state index in [2.05, 4.69) is 14.9 Å². The lowest BCUT2D eigenvalue weighted by Gasteiger charge is -2.44. The molecule has 1 aliphatic rings. The number of rotatable bonds is 12. The molecule has 1 atom stereocenters. The number of benzene rings is 3. The van der Waals surface area contributed by atoms with E-state index in [1.54, 1.807) is 14.2 Å². The number of halogens is 1. The van der Waals surface area contributed by atoms with E-state index in [0.717, 1.165) is 34.8 Å². The summed E-state index contributed by atoms with van der Waals surface area (Å²) in [6.07, 6.45) is 0. The van der Waals surface area contributed by atoms with Crippen molar-refractivity contribution >= 4 is 27.5 Å². The zero-order chi connectivity index (χ0) is 29.7. The number of hydrogen-bond acceptors (Lipinski definition) is 7. The van der Waals surface area contributed by atoms with Crippen LogP contribution in [0.25, 0.3) is 0 Å². The summed E-state index contributed by atoms with van der Waals surface area (Å²) in [5.74, 6) is -1.20. The van der Waals surface area contributed by atoms with Crippen LogP contribution in [0, 0.1) is 11.7 Å². The number of ether oxygens (including phenoxy) is 2. The maximum atomic E-state index is 14.2. The Morgan fingerprint density at radius 3 is 2.00 bits per heavy atom. The number of carbonyl (C=O) groups is 2. The lowest BCUT2D eigenvalue weighted by molar-refractivity contribution is -0.119. The summed E-state index contributed by atoms with van der Waals surface area (Å²) >= 11 is 0. The minimum atomic E-state index is -3.87. The van der Waals surface area contributed by atoms with E-state index in [-0.39, 0.29) is 29.0 Å². The molecular formula is C29H33FN4O6S. The highest BCUT2D eigenvalue weighted by molar-refractivity contribution is 7.92. The zero-order valence-electron chi connectivity index (χ0n) is 23.0. The number of hydrogen-bond donors (Lipinski definition) is 3. The predicted molar refractivity (Wildman–Crippen MR) is 153 cm³/mol. The summed E-state index contributed by atoms with van der Waals surface area (Å²) in [6.45, 7) is 2.43. The quantitative estimate of drug-likeness (QED) is 0.297. The number of primary amides is 1. The zero-order valence-corrected chi connectivity index (χ0v) is 23.8. The van der Waals surface area contributed by atoms with Crippen molar-refractivity contribution in [3.8, 4) is 11.5 Å². The Hall–Kier alpha value is -4.16. The fraction of sp³-hybridized carbons (Fsp3) is 0.310. The van der Waals surface area contributed by atoms with Crippen LogP contribution in [-0.2, 0) is 14.8 Å². The summed E-state index contributed by atoms with van der Waals surface area (Å²) in [6, 6.07) is 17.6. The Morgan fingerprint density at radius 2 is 1.51 bits per heavy atom. The molecule has 41 heavy (non-hydrogen) atoms. The molecule has 4 N–H and O–H groups in total. The molecule has 4 rings (SSSR count). The number of carbonyl (C=O) groups excluding carboxylic acids is 2. The number of nitrogens with two attached hydrogens (primary N) is 1. The topological polar surface area (TPSA) is 140 Å². The fourth-order valence-electron chi connectivity index (χ4n) is 4.77. The van der Waals surface area contributed by atoms with Gasteiger partial charge in [-0.25, -0.2) is 12.8 Å². The number of nitrogens with zero attached hydrogens (tertiary/aromatic N) is 1. The fourth-order valence-corrected chi connectivity index (χ4v) is 6.17. The van der Waals surface area contributed by atoms with Gasteiger partial charge in [0.25, 0.3) is 5.91 Å². The van der Waals surface area contributed by atoms with Crippen LogP contribution in [0.5, 0.6) is 11.5 Å². The Kier molecular flexibility index (Phi) is 9.14. The van der Waals surface area contributed by atoms with Crippen LogP contribution in [0.3, 0.4) is 0 Å². The third-order valence-corrected chi connectivity index (χ3v) is 8.33. The van der Waals surface area contributed by atoms with E-state index in [0.29, 0.717) is 13.1 Å². The van der Waals surface area contributed by atoms with Crippen molar-refractivity contribution in [3.63, 3.8) is 0 Å². The lowest BCUT2D eigenvalue weighted by Crippen LogP contribution is -2.51. The molecule has 1 fully saturated rings. The van der Waals surface area contributed by atoms with Crippen molar-refractivity contribution in [2.24, 2.45) is 11.7 Å². The average molecular weight is 585 g/mol. The Morgan fingerprint density at radius 1 is 0.976 bits per heavy atom. The SMILES string of the molecule is COc1ccc(C(c2ccc(OC)cc2)N2CC(CS(=O)(=O)Nc3cc(F)cc(C(=O)NC(C)C(N)=O)c3)C2)cc1. The molecule has 0 bridgehead atoms. The van der Waals surface area contributed by atoms with Gasteiger partial charge in [0.05, 0.1) is 31.7 Å². The maximum Gasteiger partial charge on any atom is 0.252 e. The van der Waals surface area contributed by atoms with Gasteiger partial charge in [0.2, 0.25) is 15.9 Å². The number of methoxy groups -OCH3 is 2. The molecule has 0 aliphatic carbocycles. The van der Waals surface area contributed by atoms with Gasteiger partial charge >= 0.3 is 0 Å². The predicted octanol–water partition coefficient (Wildman–Crippen LogP) is 2.91. The van der Waals surface area contributed by atoms with Crippen molar-refractivity contribution < 1.29 is 31.9 Å². The molecule has 0 spiro atoms. The van der Waals surface area contributed by atoms with Crippen molar-refractivity contribution in [2.75, 3.05) is 37.8 Å². The average Bonchev–Trinajstić information content (AvgIpc) is 2.91. The molecule has 3 aromatic rings. The molecule has 3 aromatic carbocycles. The van der Waals surface area contributed by atoms with Crippen molar-refractivity contribution in [1.82, 2.24) is 10.2 Å². The molecule has 2 amide bonds. The van der Waals surface area contributed by atoms with Crippen LogP contribution in [0.4, 0.5) is 10.1 Å². The normalized spacial score (nSPS) is 14.7. The van der Waals surface area contributed by atoms with Crippen LogP contribution in [0.15, 0.2) is 66.7 Å². The lowest BCUT2D eigenvalue weighted by atomic mass is 9.91. The van der Waals surface area contributed by atoms with Gasteiger partial charge in [-0.05, 0) is 60.5 Å². The van der Waals surface area contributed by atoms with Crippen molar-refractivity contribution in [1.29, 1.82) is 0 Å². The van der Waals surface area contributed by atoms with Gasteiger partial charge in [-0.15, -0.1) is 0 Å². The van der Waals surface area contributed by atoms with Gasteiger partial charge in [0.15, 0.2) is 0 Å². The van der Waals surface area contributed by atoms with Gasteiger partial charge in [-0.3, -0.25) is 19.2 Å². The monoisotopic (exact) mass is 584 g/mol. The molecule has 0 radical (unpaired) electrons. The molecule has 0 aromatic heterocycles. The van der Waals surface area contributed by atoms with E-state index in [9.17, 15) is 22.4 Å². The molecule has 1 aliphatic heterocycles. The second-order valence-corrected chi connectivity index (χ2v) is 11.7. The number of sulfonamides is 1. The van der Waals surface area contributed by atoms with Crippen LogP contribution < -0.4 is 25.2 Å². The number of nitrogens with one attached hydrogen (secondary N) is 2.